The van der Waals surface area contributed by atoms with Crippen LogP contribution in [0.4, 0.5) is 13.2 Å². The van der Waals surface area contributed by atoms with Gasteiger partial charge in [-0.15, -0.1) is 0 Å². The van der Waals surface area contributed by atoms with Crippen LogP contribution in [0.1, 0.15) is 38.8 Å². The Balaban J connectivity index is 2.71. The maximum Gasteiger partial charge on any atom is 0.416 e. The summed E-state index contributed by atoms with van der Waals surface area (Å²) in [6.07, 6.45) is -4.38. The number of carbonyl (C=O) groups excluding carboxylic acids is 1. The molecule has 0 aliphatic carbocycles. The van der Waals surface area contributed by atoms with Crippen molar-refractivity contribution in [2.75, 3.05) is 13.1 Å². The molecule has 1 aromatic carbocycles. The highest BCUT2D eigenvalue weighted by atomic mass is 19.4. The molecule has 0 spiro atoms. The fraction of sp³-hybridized carbons (Fsp3) is 0.529. The lowest BCUT2D eigenvalue weighted by molar-refractivity contribution is -0.137. The molecule has 1 aromatic rings. The van der Waals surface area contributed by atoms with Crippen molar-refractivity contribution < 1.29 is 18.0 Å². The molecule has 25 heavy (non-hydrogen) atoms. The number of carbonyl (C=O) groups is 1. The average molecular weight is 358 g/mol. The van der Waals surface area contributed by atoms with Crippen LogP contribution in [0.2, 0.25) is 0 Å². The first-order chi connectivity index (χ1) is 11.5. The van der Waals surface area contributed by atoms with Crippen LogP contribution in [0, 0.1) is 0 Å². The number of nitrogens with zero attached hydrogens (tertiary/aromatic N) is 1. The monoisotopic (exact) mass is 358 g/mol. The van der Waals surface area contributed by atoms with Gasteiger partial charge in [0.05, 0.1) is 18.7 Å². The molecule has 0 radical (unpaired) electrons. The maximum atomic E-state index is 12.7. The number of guanidine groups is 1. The highest BCUT2D eigenvalue weighted by molar-refractivity contribution is 5.86. The Morgan fingerprint density at radius 3 is 2.40 bits per heavy atom. The average Bonchev–Trinajstić information content (AvgIpc) is 2.48. The van der Waals surface area contributed by atoms with Crippen LogP contribution < -0.4 is 16.0 Å². The summed E-state index contributed by atoms with van der Waals surface area (Å²) in [6, 6.07) is 5.02. The van der Waals surface area contributed by atoms with Crippen molar-refractivity contribution in [3.63, 3.8) is 0 Å². The molecule has 0 bridgehead atoms. The summed E-state index contributed by atoms with van der Waals surface area (Å²) in [5.41, 5.74) is -0.611. The van der Waals surface area contributed by atoms with Gasteiger partial charge in [-0.1, -0.05) is 12.1 Å². The second-order valence-corrected chi connectivity index (χ2v) is 6.55. The predicted octanol–water partition coefficient (Wildman–Crippen LogP) is 2.68. The fourth-order valence-corrected chi connectivity index (χ4v) is 1.98. The number of halogens is 3. The van der Waals surface area contributed by atoms with E-state index in [2.05, 4.69) is 20.9 Å². The van der Waals surface area contributed by atoms with Crippen LogP contribution in [0.25, 0.3) is 0 Å². The minimum atomic E-state index is -4.38. The first-order valence-corrected chi connectivity index (χ1v) is 8.00. The standard InChI is InChI=1S/C17H25F3N4O/c1-5-21-15(23-11-14(25)24-16(2,3)4)22-10-12-7-6-8-13(9-12)17(18,19)20/h6-9H,5,10-11H2,1-4H3,(H,24,25)(H2,21,22,23). The number of amides is 1. The number of rotatable bonds is 5. The Kier molecular flexibility index (Phi) is 7.26. The quantitative estimate of drug-likeness (QED) is 0.560. The molecule has 140 valence electrons. The van der Waals surface area contributed by atoms with Crippen molar-refractivity contribution >= 4 is 11.9 Å². The maximum absolute atomic E-state index is 12.7. The van der Waals surface area contributed by atoms with Gasteiger partial charge in [-0.2, -0.15) is 13.2 Å². The van der Waals surface area contributed by atoms with Gasteiger partial charge in [0.15, 0.2) is 5.96 Å². The third-order valence-corrected chi connectivity index (χ3v) is 2.95. The topological polar surface area (TPSA) is 65.5 Å². The minimum Gasteiger partial charge on any atom is -0.357 e. The number of nitrogens with one attached hydrogen (secondary N) is 3. The second-order valence-electron chi connectivity index (χ2n) is 6.55. The molecule has 0 fully saturated rings. The highest BCUT2D eigenvalue weighted by Crippen LogP contribution is 2.29. The van der Waals surface area contributed by atoms with Crippen LogP contribution >= 0.6 is 0 Å². The lowest BCUT2D eigenvalue weighted by Gasteiger charge is -2.21. The van der Waals surface area contributed by atoms with E-state index in [1.807, 2.05) is 27.7 Å². The number of benzene rings is 1. The first kappa shape index (κ1) is 20.8. The molecule has 1 amide bonds. The van der Waals surface area contributed by atoms with E-state index >= 15 is 0 Å². The van der Waals surface area contributed by atoms with Crippen LogP contribution in [-0.2, 0) is 17.5 Å². The summed E-state index contributed by atoms with van der Waals surface area (Å²) in [6.45, 7) is 8.13. The molecule has 0 aliphatic rings. The van der Waals surface area contributed by atoms with Gasteiger partial charge >= 0.3 is 6.18 Å². The molecule has 0 saturated carbocycles. The summed E-state index contributed by atoms with van der Waals surface area (Å²) in [5.74, 6) is 0.168. The van der Waals surface area contributed by atoms with Crippen LogP contribution in [0.5, 0.6) is 0 Å². The smallest absolute Gasteiger partial charge is 0.357 e. The summed E-state index contributed by atoms with van der Waals surface area (Å²) < 4.78 is 38.2. The summed E-state index contributed by atoms with van der Waals surface area (Å²) in [7, 11) is 0. The van der Waals surface area contributed by atoms with Crippen LogP contribution in [-0.4, -0.2) is 30.5 Å². The van der Waals surface area contributed by atoms with Crippen LogP contribution in [0.3, 0.4) is 0 Å². The predicted molar refractivity (Wildman–Crippen MR) is 92.2 cm³/mol. The van der Waals surface area contributed by atoms with Gasteiger partial charge in [-0.05, 0) is 45.4 Å². The summed E-state index contributed by atoms with van der Waals surface area (Å²) in [4.78, 5) is 16.0. The molecule has 0 aromatic heterocycles. The fourth-order valence-electron chi connectivity index (χ4n) is 1.98. The van der Waals surface area contributed by atoms with Crippen molar-refractivity contribution in [2.24, 2.45) is 4.99 Å². The van der Waals surface area contributed by atoms with Crippen molar-refractivity contribution in [1.82, 2.24) is 16.0 Å². The largest absolute Gasteiger partial charge is 0.416 e. The molecule has 5 nitrogen and oxygen atoms in total. The molecule has 3 N–H and O–H groups in total. The van der Waals surface area contributed by atoms with Crippen molar-refractivity contribution in [2.45, 2.75) is 46.0 Å². The molecule has 0 unspecified atom stereocenters. The van der Waals surface area contributed by atoms with Crippen molar-refractivity contribution in [3.8, 4) is 0 Å². The minimum absolute atomic E-state index is 0.0195. The number of hydrogen-bond acceptors (Lipinski definition) is 2. The second kappa shape index (κ2) is 8.73. The Hall–Kier alpha value is -2.25. The Morgan fingerprint density at radius 1 is 1.16 bits per heavy atom. The zero-order chi connectivity index (χ0) is 19.1. The number of alkyl halides is 3. The van der Waals surface area contributed by atoms with Gasteiger partial charge in [0, 0.05) is 12.1 Å². The lowest BCUT2D eigenvalue weighted by atomic mass is 10.1. The lowest BCUT2D eigenvalue weighted by Crippen LogP contribution is -2.48. The van der Waals surface area contributed by atoms with E-state index in [0.29, 0.717) is 18.1 Å². The SMILES string of the molecule is CCNC(=NCc1cccc(C(F)(F)F)c1)NCC(=O)NC(C)(C)C. The molecular formula is C17H25F3N4O. The normalized spacial score (nSPS) is 12.7. The summed E-state index contributed by atoms with van der Waals surface area (Å²) in [5, 5.41) is 8.62. The first-order valence-electron chi connectivity index (χ1n) is 8.00. The zero-order valence-electron chi connectivity index (χ0n) is 14.9. The van der Waals surface area contributed by atoms with Crippen molar-refractivity contribution in [1.29, 1.82) is 0 Å². The Bertz CT molecular complexity index is 607. The molecule has 8 heteroatoms. The molecule has 0 saturated heterocycles. The third kappa shape index (κ3) is 8.42. The summed E-state index contributed by atoms with van der Waals surface area (Å²) >= 11 is 0. The molecule has 1 rings (SSSR count). The number of hydrogen-bond donors (Lipinski definition) is 3. The number of aliphatic imine (C=N–C) groups is 1. The Labute approximate surface area is 146 Å². The van der Waals surface area contributed by atoms with Gasteiger partial charge in [-0.25, -0.2) is 4.99 Å². The van der Waals surface area contributed by atoms with Gasteiger partial charge < -0.3 is 16.0 Å². The van der Waals surface area contributed by atoms with Gasteiger partial charge in [0.2, 0.25) is 5.91 Å². The molecular weight excluding hydrogens is 333 g/mol. The van der Waals surface area contributed by atoms with Crippen molar-refractivity contribution in [3.05, 3.63) is 35.4 Å². The zero-order valence-corrected chi connectivity index (χ0v) is 14.9. The van der Waals surface area contributed by atoms with Gasteiger partial charge in [-0.3, -0.25) is 4.79 Å². The van der Waals surface area contributed by atoms with E-state index in [4.69, 9.17) is 0 Å². The van der Waals surface area contributed by atoms with Gasteiger partial charge in [0.1, 0.15) is 0 Å². The third-order valence-electron chi connectivity index (χ3n) is 2.95. The van der Waals surface area contributed by atoms with E-state index < -0.39 is 11.7 Å². The van der Waals surface area contributed by atoms with E-state index in [1.54, 1.807) is 6.07 Å². The molecule has 0 atom stereocenters. The Morgan fingerprint density at radius 2 is 1.84 bits per heavy atom. The van der Waals surface area contributed by atoms with E-state index in [1.165, 1.54) is 6.07 Å². The highest BCUT2D eigenvalue weighted by Gasteiger charge is 2.30. The molecule has 0 aliphatic heterocycles. The molecule has 0 heterocycles. The van der Waals surface area contributed by atoms with E-state index in [0.717, 1.165) is 12.1 Å². The van der Waals surface area contributed by atoms with Gasteiger partial charge in [0.25, 0.3) is 0 Å². The van der Waals surface area contributed by atoms with E-state index in [9.17, 15) is 18.0 Å². The van der Waals surface area contributed by atoms with E-state index in [-0.39, 0.29) is 24.5 Å². The van der Waals surface area contributed by atoms with Crippen LogP contribution in [0.15, 0.2) is 29.3 Å².